The number of aliphatic carboxylic acids is 1. The van der Waals surface area contributed by atoms with Crippen LogP contribution in [0.3, 0.4) is 0 Å². The standard InChI is InChI=1S/C5H6O5.Ti/c6-2-3(7)1-4(8)5(9)10;/h6H,1-2H2,(H,9,10);. The summed E-state index contributed by atoms with van der Waals surface area (Å²) in [6.07, 6.45) is -0.730. The Labute approximate surface area is 77.3 Å². The van der Waals surface area contributed by atoms with E-state index in [1.165, 1.54) is 0 Å². The Hall–Kier alpha value is -0.516. The van der Waals surface area contributed by atoms with Crippen LogP contribution in [-0.2, 0) is 36.1 Å². The number of ketones is 2. The molecule has 0 fully saturated rings. The molecule has 0 bridgehead atoms. The Kier molecular flexibility index (Phi) is 7.40. The first-order valence-corrected chi connectivity index (χ1v) is 2.46. The Morgan fingerprint density at radius 3 is 1.91 bits per heavy atom. The molecule has 0 aliphatic heterocycles. The average Bonchev–Trinajstić information content (AvgIpc) is 1.87. The monoisotopic (exact) mass is 194 g/mol. The van der Waals surface area contributed by atoms with Crippen molar-refractivity contribution in [3.8, 4) is 0 Å². The van der Waals surface area contributed by atoms with Gasteiger partial charge in [0.05, 0.1) is 6.42 Å². The first kappa shape index (κ1) is 13.1. The fourth-order valence-electron chi connectivity index (χ4n) is 0.311. The number of Topliss-reactive ketones (excluding diaryl/α,β-unsaturated/α-hetero) is 2. The maximum atomic E-state index is 10.2. The van der Waals surface area contributed by atoms with Crippen LogP contribution in [0, 0.1) is 0 Å². The van der Waals surface area contributed by atoms with Crippen LogP contribution in [0.1, 0.15) is 6.42 Å². The molecule has 0 saturated heterocycles. The van der Waals surface area contributed by atoms with Crippen LogP contribution in [0.4, 0.5) is 0 Å². The summed E-state index contributed by atoms with van der Waals surface area (Å²) < 4.78 is 0. The van der Waals surface area contributed by atoms with Crippen LogP contribution >= 0.6 is 0 Å². The van der Waals surface area contributed by atoms with Crippen LogP contribution in [0.15, 0.2) is 0 Å². The van der Waals surface area contributed by atoms with E-state index < -0.39 is 30.6 Å². The largest absolute Gasteiger partial charge is 0.475 e. The molecule has 0 heterocycles. The molecule has 0 radical (unpaired) electrons. The first-order chi connectivity index (χ1) is 4.57. The van der Waals surface area contributed by atoms with Crippen LogP contribution in [0.5, 0.6) is 0 Å². The Bertz CT molecular complexity index is 176. The number of carbonyl (C=O) groups is 3. The minimum Gasteiger partial charge on any atom is -0.475 e. The molecule has 0 atom stereocenters. The Morgan fingerprint density at radius 1 is 1.18 bits per heavy atom. The first-order valence-electron chi connectivity index (χ1n) is 2.46. The third-order valence-electron chi connectivity index (χ3n) is 0.773. The van der Waals surface area contributed by atoms with E-state index in [1.54, 1.807) is 0 Å². The number of carboxylic acids is 1. The molecule has 0 aliphatic rings. The second-order valence-electron chi connectivity index (χ2n) is 1.60. The quantitative estimate of drug-likeness (QED) is 0.325. The molecule has 0 aromatic carbocycles. The third-order valence-corrected chi connectivity index (χ3v) is 0.773. The SMILES string of the molecule is O=C(CO)CC(=O)C(=O)O.[Ti]. The minimum atomic E-state index is -1.65. The summed E-state index contributed by atoms with van der Waals surface area (Å²) in [7, 11) is 0. The van der Waals surface area contributed by atoms with Gasteiger partial charge in [0, 0.05) is 21.7 Å². The predicted octanol–water partition coefficient (Wildman–Crippen LogP) is -1.41. The number of aliphatic hydroxyl groups excluding tert-OH is 1. The van der Waals surface area contributed by atoms with E-state index in [0.717, 1.165) is 0 Å². The van der Waals surface area contributed by atoms with Crippen LogP contribution < -0.4 is 0 Å². The smallest absolute Gasteiger partial charge is 0.372 e. The molecular formula is C5H6O5Ti. The van der Waals surface area contributed by atoms with Gasteiger partial charge in [-0.1, -0.05) is 0 Å². The fraction of sp³-hybridized carbons (Fsp3) is 0.400. The number of carbonyl (C=O) groups excluding carboxylic acids is 2. The van der Waals surface area contributed by atoms with Crippen molar-refractivity contribution in [3.63, 3.8) is 0 Å². The van der Waals surface area contributed by atoms with Gasteiger partial charge in [-0.05, 0) is 0 Å². The van der Waals surface area contributed by atoms with E-state index >= 15 is 0 Å². The van der Waals surface area contributed by atoms with E-state index in [4.69, 9.17) is 10.2 Å². The predicted molar refractivity (Wildman–Crippen MR) is 29.4 cm³/mol. The molecule has 0 unspecified atom stereocenters. The van der Waals surface area contributed by atoms with Crippen molar-refractivity contribution in [3.05, 3.63) is 0 Å². The van der Waals surface area contributed by atoms with Gasteiger partial charge in [0.25, 0.3) is 0 Å². The number of carboxylic acid groups (broad SMARTS) is 1. The van der Waals surface area contributed by atoms with Crippen LogP contribution in [0.2, 0.25) is 0 Å². The van der Waals surface area contributed by atoms with Crippen LogP contribution in [0.25, 0.3) is 0 Å². The molecule has 0 aliphatic carbocycles. The molecule has 11 heavy (non-hydrogen) atoms. The summed E-state index contributed by atoms with van der Waals surface area (Å²) in [6.45, 7) is -0.793. The molecular weight excluding hydrogens is 188 g/mol. The van der Waals surface area contributed by atoms with Gasteiger partial charge in [-0.25, -0.2) is 4.79 Å². The van der Waals surface area contributed by atoms with E-state index in [1.807, 2.05) is 0 Å². The van der Waals surface area contributed by atoms with Gasteiger partial charge in [0.2, 0.25) is 5.78 Å². The van der Waals surface area contributed by atoms with Crippen molar-refractivity contribution in [1.29, 1.82) is 0 Å². The summed E-state index contributed by atoms with van der Waals surface area (Å²) in [4.78, 5) is 30.1. The summed E-state index contributed by atoms with van der Waals surface area (Å²) in [6, 6.07) is 0. The van der Waals surface area contributed by atoms with Crippen LogP contribution in [-0.4, -0.2) is 34.4 Å². The van der Waals surface area contributed by atoms with Crippen molar-refractivity contribution >= 4 is 17.5 Å². The zero-order chi connectivity index (χ0) is 8.15. The van der Waals surface area contributed by atoms with Gasteiger partial charge in [-0.3, -0.25) is 9.59 Å². The van der Waals surface area contributed by atoms with E-state index in [2.05, 4.69) is 0 Å². The zero-order valence-corrected chi connectivity index (χ0v) is 7.09. The second kappa shape index (κ2) is 6.21. The van der Waals surface area contributed by atoms with Gasteiger partial charge in [-0.15, -0.1) is 0 Å². The molecule has 0 amide bonds. The van der Waals surface area contributed by atoms with Gasteiger partial charge < -0.3 is 10.2 Å². The van der Waals surface area contributed by atoms with Gasteiger partial charge in [0.1, 0.15) is 6.61 Å². The molecule has 0 rings (SSSR count). The number of hydrogen-bond donors (Lipinski definition) is 2. The van der Waals surface area contributed by atoms with E-state index in [-0.39, 0.29) is 21.7 Å². The maximum Gasteiger partial charge on any atom is 0.372 e. The van der Waals surface area contributed by atoms with Gasteiger partial charge in [-0.2, -0.15) is 0 Å². The number of rotatable bonds is 4. The molecule has 0 spiro atoms. The van der Waals surface area contributed by atoms with Crippen molar-refractivity contribution in [2.75, 3.05) is 6.61 Å². The van der Waals surface area contributed by atoms with Crippen molar-refractivity contribution in [1.82, 2.24) is 0 Å². The summed E-state index contributed by atoms with van der Waals surface area (Å²) in [5.41, 5.74) is 0. The second-order valence-corrected chi connectivity index (χ2v) is 1.60. The molecule has 5 nitrogen and oxygen atoms in total. The van der Waals surface area contributed by atoms with Gasteiger partial charge >= 0.3 is 5.97 Å². The minimum absolute atomic E-state index is 0. The number of aliphatic hydroxyl groups is 1. The average molecular weight is 194 g/mol. The molecule has 6 heteroatoms. The number of hydrogen-bond acceptors (Lipinski definition) is 4. The van der Waals surface area contributed by atoms with Crippen molar-refractivity contribution in [2.45, 2.75) is 6.42 Å². The van der Waals surface area contributed by atoms with E-state index in [0.29, 0.717) is 0 Å². The normalized spacial score (nSPS) is 8.09. The van der Waals surface area contributed by atoms with Crippen molar-refractivity contribution in [2.24, 2.45) is 0 Å². The molecule has 60 valence electrons. The third kappa shape index (κ3) is 5.91. The Balaban J connectivity index is 0. The van der Waals surface area contributed by atoms with Gasteiger partial charge in [0.15, 0.2) is 5.78 Å². The molecule has 2 N–H and O–H groups in total. The Morgan fingerprint density at radius 2 is 1.64 bits per heavy atom. The zero-order valence-electron chi connectivity index (χ0n) is 5.53. The summed E-state index contributed by atoms with van der Waals surface area (Å²) in [5, 5.41) is 16.0. The fourth-order valence-corrected chi connectivity index (χ4v) is 0.311. The summed E-state index contributed by atoms with van der Waals surface area (Å²) in [5.74, 6) is -3.63. The van der Waals surface area contributed by atoms with E-state index in [9.17, 15) is 14.4 Å². The molecule has 0 aromatic rings. The van der Waals surface area contributed by atoms with Crippen molar-refractivity contribution < 1.29 is 46.3 Å². The summed E-state index contributed by atoms with van der Waals surface area (Å²) >= 11 is 0. The molecule has 0 aromatic heterocycles. The maximum absolute atomic E-state index is 10.2. The molecule has 0 saturated carbocycles. The topological polar surface area (TPSA) is 91.7 Å².